The highest BCUT2D eigenvalue weighted by Gasteiger charge is 2.38. The first-order valence-electron chi connectivity index (χ1n) is 11.1. The molecule has 1 aromatic heterocycles. The number of carboxylic acid groups (broad SMARTS) is 1. The Balaban J connectivity index is 1.28. The molecule has 2 aliphatic carbocycles. The average Bonchev–Trinajstić information content (AvgIpc) is 3.50. The summed E-state index contributed by atoms with van der Waals surface area (Å²) in [7, 11) is 0. The lowest BCUT2D eigenvalue weighted by Crippen LogP contribution is -2.39. The molecule has 0 bridgehead atoms. The number of nitrogens with zero attached hydrogens (tertiary/aromatic N) is 3. The third-order valence-corrected chi connectivity index (χ3v) is 6.69. The fourth-order valence-corrected chi connectivity index (χ4v) is 5.09. The van der Waals surface area contributed by atoms with Gasteiger partial charge in [0.25, 0.3) is 0 Å². The van der Waals surface area contributed by atoms with Crippen molar-refractivity contribution < 1.29 is 19.4 Å². The van der Waals surface area contributed by atoms with Gasteiger partial charge in [0.05, 0.1) is 0 Å². The summed E-state index contributed by atoms with van der Waals surface area (Å²) in [4.78, 5) is 30.9. The second-order valence-electron chi connectivity index (χ2n) is 8.68. The molecule has 3 aromatic rings. The molecule has 0 radical (unpaired) electrons. The number of rotatable bonds is 4. The lowest BCUT2D eigenvalue weighted by Gasteiger charge is -2.29. The van der Waals surface area contributed by atoms with E-state index in [1.165, 1.54) is 16.0 Å². The van der Waals surface area contributed by atoms with Crippen molar-refractivity contribution in [3.05, 3.63) is 71.2 Å². The van der Waals surface area contributed by atoms with Crippen LogP contribution in [-0.2, 0) is 11.3 Å². The topological polar surface area (TPSA) is 84.7 Å². The zero-order chi connectivity index (χ0) is 21.8. The maximum absolute atomic E-state index is 13.2. The highest BCUT2D eigenvalue weighted by Crippen LogP contribution is 2.45. The van der Waals surface area contributed by atoms with Crippen molar-refractivity contribution in [3.8, 4) is 11.1 Å². The Kier molecular flexibility index (Phi) is 4.31. The molecule has 1 amide bonds. The van der Waals surface area contributed by atoms with Crippen LogP contribution < -0.4 is 4.90 Å². The van der Waals surface area contributed by atoms with Crippen molar-refractivity contribution in [3.63, 3.8) is 0 Å². The zero-order valence-corrected chi connectivity index (χ0v) is 17.5. The standard InChI is InChI=1S/C25H23N3O4/c29-24(30)21-23-27(22(26-21)15-10-11-15)12-5-13-28(23)25(31)32-14-20-18-8-3-1-6-16(18)17-7-2-4-9-19(17)20/h1-4,6-9,15,20H,5,10-14H2,(H,29,30). The van der Waals surface area contributed by atoms with E-state index in [4.69, 9.17) is 4.74 Å². The van der Waals surface area contributed by atoms with Gasteiger partial charge in [0.1, 0.15) is 12.4 Å². The number of hydrogen-bond acceptors (Lipinski definition) is 4. The molecular formula is C25H23N3O4. The number of carbonyl (C=O) groups excluding carboxylic acids is 1. The van der Waals surface area contributed by atoms with Gasteiger partial charge in [0, 0.05) is 24.9 Å². The number of aromatic nitrogens is 2. The fourth-order valence-electron chi connectivity index (χ4n) is 5.09. The van der Waals surface area contributed by atoms with Crippen LogP contribution in [0, 0.1) is 0 Å². The quantitative estimate of drug-likeness (QED) is 0.654. The summed E-state index contributed by atoms with van der Waals surface area (Å²) >= 11 is 0. The van der Waals surface area contributed by atoms with Gasteiger partial charge in [-0.2, -0.15) is 0 Å². The Morgan fingerprint density at radius 2 is 1.66 bits per heavy atom. The first kappa shape index (κ1) is 19.1. The molecule has 162 valence electrons. The molecule has 6 rings (SSSR count). The average molecular weight is 429 g/mol. The molecule has 0 spiro atoms. The number of ether oxygens (including phenoxy) is 1. The predicted molar refractivity (Wildman–Crippen MR) is 118 cm³/mol. The largest absolute Gasteiger partial charge is 0.476 e. The third-order valence-electron chi connectivity index (χ3n) is 6.69. The lowest BCUT2D eigenvalue weighted by atomic mass is 9.98. The van der Waals surface area contributed by atoms with Gasteiger partial charge >= 0.3 is 12.1 Å². The first-order valence-corrected chi connectivity index (χ1v) is 11.1. The Labute approximate surface area is 185 Å². The molecule has 2 aromatic carbocycles. The van der Waals surface area contributed by atoms with Crippen molar-refractivity contribution in [2.24, 2.45) is 0 Å². The zero-order valence-electron chi connectivity index (χ0n) is 17.5. The Hall–Kier alpha value is -3.61. The van der Waals surface area contributed by atoms with Gasteiger partial charge in [-0.3, -0.25) is 4.90 Å². The summed E-state index contributed by atoms with van der Waals surface area (Å²) in [6.45, 7) is 1.30. The minimum absolute atomic E-state index is 0.0398. The number of hydrogen-bond donors (Lipinski definition) is 1. The fraction of sp³-hybridized carbons (Fsp3) is 0.320. The number of amides is 1. The SMILES string of the molecule is O=C(O)c1nc(C2CC2)n2c1N(C(=O)OCC1c3ccccc3-c3ccccc31)CCC2. The van der Waals surface area contributed by atoms with Crippen LogP contribution in [0.5, 0.6) is 0 Å². The first-order chi connectivity index (χ1) is 15.6. The minimum Gasteiger partial charge on any atom is -0.476 e. The molecule has 0 saturated heterocycles. The van der Waals surface area contributed by atoms with E-state index in [2.05, 4.69) is 29.2 Å². The highest BCUT2D eigenvalue weighted by molar-refractivity contribution is 5.98. The van der Waals surface area contributed by atoms with Gasteiger partial charge in [-0.05, 0) is 41.5 Å². The van der Waals surface area contributed by atoms with Crippen molar-refractivity contribution in [1.82, 2.24) is 9.55 Å². The summed E-state index contributed by atoms with van der Waals surface area (Å²) in [5.41, 5.74) is 4.57. The molecule has 1 N–H and O–H groups in total. The predicted octanol–water partition coefficient (Wildman–Crippen LogP) is 4.62. The van der Waals surface area contributed by atoms with Gasteiger partial charge < -0.3 is 14.4 Å². The summed E-state index contributed by atoms with van der Waals surface area (Å²) in [6.07, 6.45) is 2.25. The Bertz CT molecular complexity index is 1200. The molecule has 7 nitrogen and oxygen atoms in total. The van der Waals surface area contributed by atoms with Crippen LogP contribution in [0.4, 0.5) is 10.6 Å². The van der Waals surface area contributed by atoms with Crippen LogP contribution in [0.25, 0.3) is 11.1 Å². The number of carboxylic acids is 1. The van der Waals surface area contributed by atoms with Gasteiger partial charge in [0.2, 0.25) is 0 Å². The normalized spacial score (nSPS) is 16.9. The van der Waals surface area contributed by atoms with E-state index in [-0.39, 0.29) is 18.2 Å². The monoisotopic (exact) mass is 429 g/mol. The molecule has 1 aliphatic heterocycles. The second-order valence-corrected chi connectivity index (χ2v) is 8.68. The van der Waals surface area contributed by atoms with Gasteiger partial charge in [-0.1, -0.05) is 48.5 Å². The van der Waals surface area contributed by atoms with Crippen LogP contribution in [0.15, 0.2) is 48.5 Å². The summed E-state index contributed by atoms with van der Waals surface area (Å²) < 4.78 is 7.72. The number of anilines is 1. The van der Waals surface area contributed by atoms with Crippen LogP contribution in [-0.4, -0.2) is 39.9 Å². The molecule has 2 heterocycles. The van der Waals surface area contributed by atoms with Crippen molar-refractivity contribution in [1.29, 1.82) is 0 Å². The minimum atomic E-state index is -1.11. The number of benzene rings is 2. The molecule has 32 heavy (non-hydrogen) atoms. The van der Waals surface area contributed by atoms with Gasteiger partial charge in [-0.15, -0.1) is 0 Å². The third kappa shape index (κ3) is 2.92. The molecule has 1 fully saturated rings. The van der Waals surface area contributed by atoms with Crippen LogP contribution in [0.2, 0.25) is 0 Å². The van der Waals surface area contributed by atoms with E-state index in [9.17, 15) is 14.7 Å². The number of imidazole rings is 1. The number of carbonyl (C=O) groups is 2. The molecule has 0 atom stereocenters. The van der Waals surface area contributed by atoms with Crippen LogP contribution in [0.1, 0.15) is 58.5 Å². The Morgan fingerprint density at radius 3 is 2.28 bits per heavy atom. The summed E-state index contributed by atoms with van der Waals surface area (Å²) in [5.74, 6) is 0.293. The summed E-state index contributed by atoms with van der Waals surface area (Å²) in [6, 6.07) is 16.4. The summed E-state index contributed by atoms with van der Waals surface area (Å²) in [5, 5.41) is 9.72. The highest BCUT2D eigenvalue weighted by atomic mass is 16.6. The van der Waals surface area contributed by atoms with Crippen molar-refractivity contribution in [2.45, 2.75) is 37.6 Å². The maximum Gasteiger partial charge on any atom is 0.415 e. The van der Waals surface area contributed by atoms with E-state index in [1.54, 1.807) is 0 Å². The number of aromatic carboxylic acids is 1. The van der Waals surface area contributed by atoms with E-state index in [0.29, 0.717) is 24.8 Å². The van der Waals surface area contributed by atoms with Crippen molar-refractivity contribution >= 4 is 17.9 Å². The Morgan fingerprint density at radius 1 is 1.00 bits per heavy atom. The van der Waals surface area contributed by atoms with Crippen LogP contribution >= 0.6 is 0 Å². The van der Waals surface area contributed by atoms with Gasteiger partial charge in [0.15, 0.2) is 11.5 Å². The van der Waals surface area contributed by atoms with E-state index in [1.807, 2.05) is 28.8 Å². The van der Waals surface area contributed by atoms with Crippen molar-refractivity contribution in [2.75, 3.05) is 18.1 Å². The molecular weight excluding hydrogens is 406 g/mol. The molecule has 3 aliphatic rings. The van der Waals surface area contributed by atoms with E-state index in [0.717, 1.165) is 36.2 Å². The van der Waals surface area contributed by atoms with E-state index < -0.39 is 12.1 Å². The molecule has 7 heteroatoms. The maximum atomic E-state index is 13.2. The second kappa shape index (κ2) is 7.22. The van der Waals surface area contributed by atoms with Crippen LogP contribution in [0.3, 0.4) is 0 Å². The molecule has 1 saturated carbocycles. The van der Waals surface area contributed by atoms with E-state index >= 15 is 0 Å². The lowest BCUT2D eigenvalue weighted by molar-refractivity contribution is 0.0691. The molecule has 0 unspecified atom stereocenters. The smallest absolute Gasteiger partial charge is 0.415 e. The van der Waals surface area contributed by atoms with Gasteiger partial charge in [-0.25, -0.2) is 14.6 Å². The number of fused-ring (bicyclic) bond motifs is 4.